The van der Waals surface area contributed by atoms with E-state index in [1.54, 1.807) is 18.2 Å². The highest BCUT2D eigenvalue weighted by molar-refractivity contribution is 6.10. The number of ether oxygens (including phenoxy) is 3. The second-order valence-electron chi connectivity index (χ2n) is 6.24. The predicted molar refractivity (Wildman–Crippen MR) is 101 cm³/mol. The number of carbonyl (C=O) groups is 2. The first-order valence-electron chi connectivity index (χ1n) is 8.94. The van der Waals surface area contributed by atoms with E-state index in [4.69, 9.17) is 14.2 Å². The molecule has 2 heterocycles. The lowest BCUT2D eigenvalue weighted by Crippen LogP contribution is -2.47. The largest absolute Gasteiger partial charge is 0.494 e. The molecule has 0 fully saturated rings. The highest BCUT2D eigenvalue weighted by Gasteiger charge is 2.26. The van der Waals surface area contributed by atoms with E-state index in [1.807, 2.05) is 31.2 Å². The first kappa shape index (κ1) is 17.8. The molecule has 1 atom stereocenters. The molecular weight excluding hydrogens is 362 g/mol. The van der Waals surface area contributed by atoms with Crippen molar-refractivity contribution in [1.82, 2.24) is 10.6 Å². The smallest absolute Gasteiger partial charge is 0.258 e. The monoisotopic (exact) mass is 381 g/mol. The van der Waals surface area contributed by atoms with Gasteiger partial charge in [-0.05, 0) is 31.2 Å². The van der Waals surface area contributed by atoms with Crippen LogP contribution in [-0.2, 0) is 4.79 Å². The zero-order valence-corrected chi connectivity index (χ0v) is 15.2. The molecule has 8 heteroatoms. The number of aliphatic imine (C=N–C) groups is 1. The molecule has 0 spiro atoms. The molecule has 4 rings (SSSR count). The van der Waals surface area contributed by atoms with Gasteiger partial charge in [-0.2, -0.15) is 0 Å². The Morgan fingerprint density at radius 1 is 1.25 bits per heavy atom. The number of hydrogen-bond donors (Lipinski definition) is 2. The maximum Gasteiger partial charge on any atom is 0.258 e. The van der Waals surface area contributed by atoms with E-state index in [-0.39, 0.29) is 25.1 Å². The quantitative estimate of drug-likeness (QED) is 0.846. The van der Waals surface area contributed by atoms with Crippen molar-refractivity contribution >= 4 is 17.8 Å². The summed E-state index contributed by atoms with van der Waals surface area (Å²) >= 11 is 0. The summed E-state index contributed by atoms with van der Waals surface area (Å²) in [6, 6.07) is 11.9. The van der Waals surface area contributed by atoms with Crippen molar-refractivity contribution in [3.8, 4) is 17.2 Å². The van der Waals surface area contributed by atoms with Crippen LogP contribution in [0.2, 0.25) is 0 Å². The Balaban J connectivity index is 1.55. The van der Waals surface area contributed by atoms with E-state index in [2.05, 4.69) is 15.6 Å². The summed E-state index contributed by atoms with van der Waals surface area (Å²) < 4.78 is 16.2. The lowest BCUT2D eigenvalue weighted by atomic mass is 10.0. The van der Waals surface area contributed by atoms with E-state index >= 15 is 0 Å². The summed E-state index contributed by atoms with van der Waals surface area (Å²) in [6.45, 7) is 2.53. The number of para-hydroxylation sites is 1. The maximum absolute atomic E-state index is 12.6. The van der Waals surface area contributed by atoms with Crippen LogP contribution in [0, 0.1) is 0 Å². The minimum Gasteiger partial charge on any atom is -0.494 e. The molecule has 2 amide bonds. The molecule has 2 N–H and O–H groups in total. The van der Waals surface area contributed by atoms with Gasteiger partial charge in [0.1, 0.15) is 5.75 Å². The lowest BCUT2D eigenvalue weighted by molar-refractivity contribution is -0.120. The van der Waals surface area contributed by atoms with Gasteiger partial charge in [0.05, 0.1) is 19.1 Å². The topological polar surface area (TPSA) is 98.3 Å². The van der Waals surface area contributed by atoms with Gasteiger partial charge in [-0.3, -0.25) is 20.2 Å². The Hall–Kier alpha value is -3.55. The van der Waals surface area contributed by atoms with Crippen LogP contribution in [0.3, 0.4) is 0 Å². The maximum atomic E-state index is 12.6. The third kappa shape index (κ3) is 3.62. The zero-order chi connectivity index (χ0) is 19.5. The van der Waals surface area contributed by atoms with Crippen LogP contribution in [0.4, 0.5) is 0 Å². The SMILES string of the molecule is CCOc1ccccc1[C@H]1CC(=O)NC(NC(=O)c2ccc3c(c2)OCO3)=N1. The average molecular weight is 381 g/mol. The number of benzene rings is 2. The Morgan fingerprint density at radius 2 is 2.07 bits per heavy atom. The minimum absolute atomic E-state index is 0.107. The van der Waals surface area contributed by atoms with Crippen molar-refractivity contribution in [3.63, 3.8) is 0 Å². The fraction of sp³-hybridized carbons (Fsp3) is 0.250. The highest BCUT2D eigenvalue weighted by atomic mass is 16.7. The molecule has 0 unspecified atom stereocenters. The Bertz CT molecular complexity index is 957. The summed E-state index contributed by atoms with van der Waals surface area (Å²) in [5.41, 5.74) is 1.17. The van der Waals surface area contributed by atoms with E-state index in [0.29, 0.717) is 29.4 Å². The predicted octanol–water partition coefficient (Wildman–Crippen LogP) is 2.16. The molecule has 0 bridgehead atoms. The molecule has 8 nitrogen and oxygen atoms in total. The van der Waals surface area contributed by atoms with Crippen molar-refractivity contribution in [2.75, 3.05) is 13.4 Å². The van der Waals surface area contributed by atoms with Gasteiger partial charge in [0.25, 0.3) is 5.91 Å². The molecule has 2 aromatic rings. The number of nitrogens with one attached hydrogen (secondary N) is 2. The number of fused-ring (bicyclic) bond motifs is 1. The third-order valence-electron chi connectivity index (χ3n) is 4.37. The van der Waals surface area contributed by atoms with Crippen molar-refractivity contribution < 1.29 is 23.8 Å². The summed E-state index contributed by atoms with van der Waals surface area (Å²) in [5, 5.41) is 5.25. The number of amides is 2. The normalized spacial score (nSPS) is 17.5. The molecule has 144 valence electrons. The van der Waals surface area contributed by atoms with Gasteiger partial charge in [0, 0.05) is 11.1 Å². The van der Waals surface area contributed by atoms with Crippen molar-refractivity contribution in [2.45, 2.75) is 19.4 Å². The van der Waals surface area contributed by atoms with Crippen molar-refractivity contribution in [1.29, 1.82) is 0 Å². The van der Waals surface area contributed by atoms with E-state index in [9.17, 15) is 9.59 Å². The van der Waals surface area contributed by atoms with Gasteiger partial charge in [0.15, 0.2) is 11.5 Å². The van der Waals surface area contributed by atoms with Crippen LogP contribution in [-0.4, -0.2) is 31.2 Å². The van der Waals surface area contributed by atoms with Crippen LogP contribution in [0.25, 0.3) is 0 Å². The molecule has 28 heavy (non-hydrogen) atoms. The molecule has 0 radical (unpaired) electrons. The summed E-state index contributed by atoms with van der Waals surface area (Å²) in [7, 11) is 0. The molecule has 0 saturated heterocycles. The van der Waals surface area contributed by atoms with Crippen LogP contribution in [0.5, 0.6) is 17.2 Å². The zero-order valence-electron chi connectivity index (χ0n) is 15.2. The van der Waals surface area contributed by atoms with Gasteiger partial charge >= 0.3 is 0 Å². The van der Waals surface area contributed by atoms with Gasteiger partial charge in [-0.15, -0.1) is 0 Å². The van der Waals surface area contributed by atoms with Crippen LogP contribution in [0.1, 0.15) is 35.3 Å². The Labute approximate surface area is 161 Å². The average Bonchev–Trinajstić information content (AvgIpc) is 3.16. The number of hydrogen-bond acceptors (Lipinski definition) is 6. The van der Waals surface area contributed by atoms with Crippen LogP contribution >= 0.6 is 0 Å². The second kappa shape index (κ2) is 7.59. The van der Waals surface area contributed by atoms with Gasteiger partial charge in [0.2, 0.25) is 18.7 Å². The molecule has 0 aliphatic carbocycles. The van der Waals surface area contributed by atoms with Gasteiger partial charge in [-0.25, -0.2) is 4.99 Å². The first-order chi connectivity index (χ1) is 13.6. The van der Waals surface area contributed by atoms with Crippen LogP contribution < -0.4 is 24.8 Å². The summed E-state index contributed by atoms with van der Waals surface area (Å²) in [4.78, 5) is 29.2. The fourth-order valence-corrected chi connectivity index (χ4v) is 3.10. The second-order valence-corrected chi connectivity index (χ2v) is 6.24. The van der Waals surface area contributed by atoms with Crippen molar-refractivity contribution in [2.24, 2.45) is 4.99 Å². The molecule has 2 aromatic carbocycles. The third-order valence-corrected chi connectivity index (χ3v) is 4.37. The molecule has 2 aliphatic rings. The minimum atomic E-state index is -0.441. The Kier molecular flexibility index (Phi) is 4.84. The number of rotatable bonds is 4. The fourth-order valence-electron chi connectivity index (χ4n) is 3.10. The highest BCUT2D eigenvalue weighted by Crippen LogP contribution is 2.33. The summed E-state index contributed by atoms with van der Waals surface area (Å²) in [5.74, 6) is 1.24. The molecule has 2 aliphatic heterocycles. The lowest BCUT2D eigenvalue weighted by Gasteiger charge is -2.23. The Morgan fingerprint density at radius 3 is 2.93 bits per heavy atom. The van der Waals surface area contributed by atoms with E-state index in [1.165, 1.54) is 0 Å². The molecule has 0 saturated carbocycles. The van der Waals surface area contributed by atoms with Crippen LogP contribution in [0.15, 0.2) is 47.5 Å². The first-order valence-corrected chi connectivity index (χ1v) is 8.94. The van der Waals surface area contributed by atoms with E-state index < -0.39 is 11.9 Å². The van der Waals surface area contributed by atoms with Gasteiger partial charge in [-0.1, -0.05) is 18.2 Å². The number of nitrogens with zero attached hydrogens (tertiary/aromatic N) is 1. The molecular formula is C20H19N3O5. The van der Waals surface area contributed by atoms with Gasteiger partial charge < -0.3 is 14.2 Å². The van der Waals surface area contributed by atoms with Crippen molar-refractivity contribution in [3.05, 3.63) is 53.6 Å². The molecule has 0 aromatic heterocycles. The number of guanidine groups is 1. The standard InChI is InChI=1S/C20H19N3O5/c1-2-26-15-6-4-3-5-13(15)14-10-18(24)22-20(21-14)23-19(25)12-7-8-16-17(9-12)28-11-27-16/h3-9,14H,2,10-11H2,1H3,(H2,21,22,23,24,25)/t14-/m1/s1. The number of carbonyl (C=O) groups excluding carboxylic acids is 2. The summed E-state index contributed by atoms with van der Waals surface area (Å²) in [6.07, 6.45) is 0.174. The van der Waals surface area contributed by atoms with E-state index in [0.717, 1.165) is 5.56 Å².